The average Bonchev–Trinajstić information content (AvgIpc) is 2.69. The van der Waals surface area contributed by atoms with Gasteiger partial charge in [-0.15, -0.1) is 0 Å². The van der Waals surface area contributed by atoms with Crippen molar-refractivity contribution in [2.45, 2.75) is 77.1 Å². The summed E-state index contributed by atoms with van der Waals surface area (Å²) >= 11 is 0. The van der Waals surface area contributed by atoms with Crippen molar-refractivity contribution < 1.29 is 14.0 Å². The third-order valence-electron chi connectivity index (χ3n) is 6.69. The van der Waals surface area contributed by atoms with Gasteiger partial charge in [0.2, 0.25) is 0 Å². The van der Waals surface area contributed by atoms with Gasteiger partial charge in [-0.2, -0.15) is 0 Å². The van der Waals surface area contributed by atoms with E-state index in [0.29, 0.717) is 30.8 Å². The Hall–Kier alpha value is -0.483. The minimum atomic E-state index is -1.86. The van der Waals surface area contributed by atoms with Crippen LogP contribution >= 0.6 is 0 Å². The van der Waals surface area contributed by atoms with E-state index in [4.69, 9.17) is 4.43 Å². The molecular formula is C17H28O3Si. The van der Waals surface area contributed by atoms with E-state index in [-0.39, 0.29) is 28.4 Å². The maximum atomic E-state index is 12.5. The first-order chi connectivity index (χ1) is 9.56. The second-order valence-electron chi connectivity index (χ2n) is 9.01. The van der Waals surface area contributed by atoms with E-state index in [1.165, 1.54) is 0 Å². The number of rotatable bonds is 2. The van der Waals surface area contributed by atoms with E-state index in [9.17, 15) is 9.59 Å². The molecule has 0 aromatic heterocycles. The summed E-state index contributed by atoms with van der Waals surface area (Å²) < 4.78 is 6.59. The molecule has 0 N–H and O–H groups in total. The maximum absolute atomic E-state index is 12.5. The largest absolute Gasteiger partial charge is 0.413 e. The van der Waals surface area contributed by atoms with Crippen LogP contribution in [0.5, 0.6) is 0 Å². The average molecular weight is 308 g/mol. The van der Waals surface area contributed by atoms with Crippen molar-refractivity contribution in [1.29, 1.82) is 0 Å². The van der Waals surface area contributed by atoms with Crippen LogP contribution in [-0.4, -0.2) is 26.0 Å². The lowest BCUT2D eigenvalue weighted by Crippen LogP contribution is -2.49. The molecule has 118 valence electrons. The predicted octanol–water partition coefficient (Wildman–Crippen LogP) is 3.73. The Labute approximate surface area is 129 Å². The molecule has 3 saturated carbocycles. The Morgan fingerprint density at radius 1 is 1.19 bits per heavy atom. The lowest BCUT2D eigenvalue weighted by molar-refractivity contribution is -0.125. The zero-order chi connectivity index (χ0) is 15.6. The van der Waals surface area contributed by atoms with Gasteiger partial charge in [0.25, 0.3) is 0 Å². The summed E-state index contributed by atoms with van der Waals surface area (Å²) in [6, 6.07) is 0. The van der Waals surface area contributed by atoms with Gasteiger partial charge in [-0.1, -0.05) is 20.8 Å². The fourth-order valence-electron chi connectivity index (χ4n) is 4.57. The van der Waals surface area contributed by atoms with Crippen LogP contribution in [-0.2, 0) is 14.0 Å². The molecule has 0 unspecified atom stereocenters. The van der Waals surface area contributed by atoms with Gasteiger partial charge in [0.05, 0.1) is 6.10 Å². The molecule has 4 atom stereocenters. The Balaban J connectivity index is 1.84. The Bertz CT molecular complexity index is 491. The molecule has 0 radical (unpaired) electrons. The molecule has 0 saturated heterocycles. The normalized spacial score (nSPS) is 39.8. The summed E-state index contributed by atoms with van der Waals surface area (Å²) in [5, 5.41) is 0.161. The fraction of sp³-hybridized carbons (Fsp3) is 0.882. The number of Topliss-reactive ketones (excluding diaryl/α,β-unsaturated/α-hetero) is 2. The van der Waals surface area contributed by atoms with Crippen molar-refractivity contribution >= 4 is 19.9 Å². The molecule has 4 heteroatoms. The van der Waals surface area contributed by atoms with Crippen molar-refractivity contribution in [3.05, 3.63) is 0 Å². The van der Waals surface area contributed by atoms with Crippen LogP contribution in [0.4, 0.5) is 0 Å². The molecule has 3 fully saturated rings. The lowest BCUT2D eigenvalue weighted by Gasteiger charge is -2.45. The van der Waals surface area contributed by atoms with E-state index in [1.54, 1.807) is 0 Å². The topological polar surface area (TPSA) is 43.4 Å². The minimum Gasteiger partial charge on any atom is -0.413 e. The molecule has 0 amide bonds. The molecule has 0 spiro atoms. The highest BCUT2D eigenvalue weighted by Crippen LogP contribution is 2.62. The molecular weight excluding hydrogens is 280 g/mol. The van der Waals surface area contributed by atoms with Gasteiger partial charge in [0.15, 0.2) is 8.32 Å². The summed E-state index contributed by atoms with van der Waals surface area (Å²) in [6.07, 6.45) is 3.92. The molecule has 0 aromatic carbocycles. The first-order valence-corrected chi connectivity index (χ1v) is 11.2. The first kappa shape index (κ1) is 15.4. The second-order valence-corrected chi connectivity index (χ2v) is 13.8. The molecule has 3 aliphatic carbocycles. The SMILES string of the molecule is CC(C)(C)[Si](C)(C)O[C@H]1CC[C@]23CC(=O)C[C@H]2[C@H]1C(=O)C3. The van der Waals surface area contributed by atoms with Crippen molar-refractivity contribution in [2.24, 2.45) is 17.3 Å². The fourth-order valence-corrected chi connectivity index (χ4v) is 5.95. The Morgan fingerprint density at radius 3 is 2.48 bits per heavy atom. The van der Waals surface area contributed by atoms with E-state index >= 15 is 0 Å². The number of carbonyl (C=O) groups is 2. The molecule has 2 bridgehead atoms. The molecule has 0 heterocycles. The van der Waals surface area contributed by atoms with Gasteiger partial charge < -0.3 is 4.43 Å². The Kier molecular flexibility index (Phi) is 3.31. The first-order valence-electron chi connectivity index (χ1n) is 8.28. The maximum Gasteiger partial charge on any atom is 0.192 e. The molecule has 21 heavy (non-hydrogen) atoms. The van der Waals surface area contributed by atoms with Crippen molar-refractivity contribution in [3.8, 4) is 0 Å². The standard InChI is InChI=1S/C17H28O3Si/c1-16(2,3)21(4,5)20-14-6-7-17-9-11(18)8-12(17)15(14)13(19)10-17/h12,14-15H,6-10H2,1-5H3/t12-,14-,15-,17+/m0/s1. The van der Waals surface area contributed by atoms with Gasteiger partial charge in [0.1, 0.15) is 11.6 Å². The highest BCUT2D eigenvalue weighted by molar-refractivity contribution is 6.74. The third kappa shape index (κ3) is 2.26. The van der Waals surface area contributed by atoms with Gasteiger partial charge >= 0.3 is 0 Å². The van der Waals surface area contributed by atoms with Crippen LogP contribution in [0.2, 0.25) is 18.1 Å². The van der Waals surface area contributed by atoms with Gasteiger partial charge in [-0.3, -0.25) is 9.59 Å². The lowest BCUT2D eigenvalue weighted by atomic mass is 9.68. The monoisotopic (exact) mass is 308 g/mol. The number of hydrogen-bond donors (Lipinski definition) is 0. The number of carbonyl (C=O) groups excluding carboxylic acids is 2. The van der Waals surface area contributed by atoms with Gasteiger partial charge in [-0.05, 0) is 42.3 Å². The van der Waals surface area contributed by atoms with Gasteiger partial charge in [-0.25, -0.2) is 0 Å². The van der Waals surface area contributed by atoms with E-state index in [2.05, 4.69) is 33.9 Å². The highest BCUT2D eigenvalue weighted by Gasteiger charge is 2.63. The zero-order valence-electron chi connectivity index (χ0n) is 14.0. The summed E-state index contributed by atoms with van der Waals surface area (Å²) in [7, 11) is -1.86. The summed E-state index contributed by atoms with van der Waals surface area (Å²) in [5.74, 6) is 1.01. The van der Waals surface area contributed by atoms with Crippen LogP contribution in [0, 0.1) is 17.3 Å². The summed E-state index contributed by atoms with van der Waals surface area (Å²) in [6.45, 7) is 11.2. The quantitative estimate of drug-likeness (QED) is 0.730. The third-order valence-corrected chi connectivity index (χ3v) is 11.2. The molecule has 0 aliphatic heterocycles. The molecule has 3 rings (SSSR count). The Morgan fingerprint density at radius 2 is 1.86 bits per heavy atom. The molecule has 3 aliphatic rings. The number of hydrogen-bond acceptors (Lipinski definition) is 3. The zero-order valence-corrected chi connectivity index (χ0v) is 15.0. The molecule has 3 nitrogen and oxygen atoms in total. The van der Waals surface area contributed by atoms with E-state index in [0.717, 1.165) is 12.8 Å². The molecule has 0 aromatic rings. The van der Waals surface area contributed by atoms with Crippen LogP contribution in [0.25, 0.3) is 0 Å². The predicted molar refractivity (Wildman–Crippen MR) is 84.6 cm³/mol. The van der Waals surface area contributed by atoms with Crippen LogP contribution < -0.4 is 0 Å². The highest BCUT2D eigenvalue weighted by atomic mass is 28.4. The van der Waals surface area contributed by atoms with Crippen LogP contribution in [0.1, 0.15) is 52.9 Å². The minimum absolute atomic E-state index is 0.000625. The second kappa shape index (κ2) is 4.51. The van der Waals surface area contributed by atoms with E-state index < -0.39 is 8.32 Å². The summed E-state index contributed by atoms with van der Waals surface area (Å²) in [5.41, 5.74) is 0.0200. The van der Waals surface area contributed by atoms with Crippen molar-refractivity contribution in [2.75, 3.05) is 0 Å². The van der Waals surface area contributed by atoms with Crippen LogP contribution in [0.15, 0.2) is 0 Å². The number of ketones is 2. The van der Waals surface area contributed by atoms with E-state index in [1.807, 2.05) is 0 Å². The van der Waals surface area contributed by atoms with Gasteiger partial charge in [0, 0.05) is 25.2 Å². The van der Waals surface area contributed by atoms with Crippen LogP contribution in [0.3, 0.4) is 0 Å². The van der Waals surface area contributed by atoms with Crippen molar-refractivity contribution in [1.82, 2.24) is 0 Å². The van der Waals surface area contributed by atoms with Crippen molar-refractivity contribution in [3.63, 3.8) is 0 Å². The summed E-state index contributed by atoms with van der Waals surface area (Å²) in [4.78, 5) is 24.4. The smallest absolute Gasteiger partial charge is 0.192 e.